The van der Waals surface area contributed by atoms with Crippen LogP contribution in [0.5, 0.6) is 5.75 Å². The summed E-state index contributed by atoms with van der Waals surface area (Å²) in [6, 6.07) is 14.1. The molecule has 4 heteroatoms. The van der Waals surface area contributed by atoms with Gasteiger partial charge >= 0.3 is 0 Å². The van der Waals surface area contributed by atoms with E-state index in [9.17, 15) is 0 Å². The molecule has 2 rings (SSSR count). The van der Waals surface area contributed by atoms with Gasteiger partial charge in [-0.3, -0.25) is 0 Å². The summed E-state index contributed by atoms with van der Waals surface area (Å²) < 4.78 is 7.95. The molecular formula is C15H15Br2NO. The molecule has 0 spiro atoms. The minimum absolute atomic E-state index is 0.566. The van der Waals surface area contributed by atoms with Gasteiger partial charge < -0.3 is 10.5 Å². The molecule has 100 valence electrons. The Labute approximate surface area is 130 Å². The zero-order valence-electron chi connectivity index (χ0n) is 10.4. The zero-order chi connectivity index (χ0) is 13.7. The molecule has 0 unspecified atom stereocenters. The van der Waals surface area contributed by atoms with Crippen molar-refractivity contribution < 1.29 is 4.74 Å². The van der Waals surface area contributed by atoms with E-state index in [1.807, 2.05) is 42.5 Å². The maximum absolute atomic E-state index is 5.80. The second-order valence-corrected chi connectivity index (χ2v) is 5.98. The van der Waals surface area contributed by atoms with E-state index in [1.165, 1.54) is 5.56 Å². The quantitative estimate of drug-likeness (QED) is 0.834. The highest BCUT2D eigenvalue weighted by atomic mass is 79.9. The van der Waals surface area contributed by atoms with Gasteiger partial charge in [-0.2, -0.15) is 0 Å². The summed E-state index contributed by atoms with van der Waals surface area (Å²) in [5.74, 6) is 0.870. The van der Waals surface area contributed by atoms with Gasteiger partial charge in [-0.15, -0.1) is 0 Å². The zero-order valence-corrected chi connectivity index (χ0v) is 13.6. The van der Waals surface area contributed by atoms with Gasteiger partial charge in [-0.05, 0) is 54.4 Å². The lowest BCUT2D eigenvalue weighted by Crippen LogP contribution is -2.04. The van der Waals surface area contributed by atoms with Gasteiger partial charge in [0.2, 0.25) is 0 Å². The van der Waals surface area contributed by atoms with Crippen LogP contribution in [-0.2, 0) is 13.0 Å². The Balaban J connectivity index is 2.03. The molecule has 2 aromatic rings. The minimum Gasteiger partial charge on any atom is -0.489 e. The highest BCUT2D eigenvalue weighted by Crippen LogP contribution is 2.23. The molecule has 2 nitrogen and oxygen atoms in total. The minimum atomic E-state index is 0.566. The van der Waals surface area contributed by atoms with Crippen molar-refractivity contribution in [3.63, 3.8) is 0 Å². The van der Waals surface area contributed by atoms with E-state index in [1.54, 1.807) is 0 Å². The fourth-order valence-corrected chi connectivity index (χ4v) is 2.44. The molecule has 19 heavy (non-hydrogen) atoms. The van der Waals surface area contributed by atoms with Crippen LogP contribution in [0, 0.1) is 0 Å². The first-order valence-corrected chi connectivity index (χ1v) is 7.63. The number of ether oxygens (including phenoxy) is 1. The summed E-state index contributed by atoms with van der Waals surface area (Å²) in [6.45, 7) is 1.20. The first-order valence-electron chi connectivity index (χ1n) is 6.05. The Bertz CT molecular complexity index is 540. The molecule has 2 N–H and O–H groups in total. The lowest BCUT2D eigenvalue weighted by Gasteiger charge is -2.09. The lowest BCUT2D eigenvalue weighted by atomic mass is 10.1. The Morgan fingerprint density at radius 2 is 1.74 bits per heavy atom. The van der Waals surface area contributed by atoms with Crippen LogP contribution in [0.1, 0.15) is 11.1 Å². The van der Waals surface area contributed by atoms with Crippen LogP contribution < -0.4 is 10.5 Å². The molecule has 0 aliphatic carbocycles. The molecule has 0 saturated heterocycles. The van der Waals surface area contributed by atoms with Gasteiger partial charge in [0.25, 0.3) is 0 Å². The van der Waals surface area contributed by atoms with Gasteiger partial charge in [0.15, 0.2) is 0 Å². The largest absolute Gasteiger partial charge is 0.489 e. The maximum atomic E-state index is 5.80. The first kappa shape index (κ1) is 14.6. The molecule has 0 aliphatic heterocycles. The maximum Gasteiger partial charge on any atom is 0.120 e. The molecule has 0 atom stereocenters. The molecule has 0 saturated carbocycles. The number of rotatable bonds is 5. The van der Waals surface area contributed by atoms with Gasteiger partial charge in [0, 0.05) is 8.95 Å². The van der Waals surface area contributed by atoms with E-state index < -0.39 is 0 Å². The van der Waals surface area contributed by atoms with E-state index in [0.29, 0.717) is 13.2 Å². The predicted molar refractivity (Wildman–Crippen MR) is 85.4 cm³/mol. The molecule has 0 amide bonds. The summed E-state index contributed by atoms with van der Waals surface area (Å²) in [5.41, 5.74) is 7.91. The Kier molecular flexibility index (Phi) is 5.43. The summed E-state index contributed by atoms with van der Waals surface area (Å²) in [5, 5.41) is 0. The van der Waals surface area contributed by atoms with E-state index in [-0.39, 0.29) is 0 Å². The van der Waals surface area contributed by atoms with E-state index >= 15 is 0 Å². The second-order valence-electron chi connectivity index (χ2n) is 4.21. The molecule has 0 radical (unpaired) electrons. The second kappa shape index (κ2) is 7.08. The molecule has 0 heterocycles. The number of hydrogen-bond donors (Lipinski definition) is 1. The van der Waals surface area contributed by atoms with Crippen molar-refractivity contribution in [2.75, 3.05) is 6.54 Å². The van der Waals surface area contributed by atoms with Crippen LogP contribution in [-0.4, -0.2) is 6.54 Å². The molecule has 0 aliphatic rings. The van der Waals surface area contributed by atoms with Crippen molar-refractivity contribution in [2.45, 2.75) is 13.0 Å². The standard InChI is InChI=1S/C15H15Br2NO/c16-13-3-1-11(2-4-13)10-19-14-5-6-15(17)12(9-14)7-8-18/h1-6,9H,7-8,10,18H2. The van der Waals surface area contributed by atoms with Crippen molar-refractivity contribution in [2.24, 2.45) is 5.73 Å². The first-order chi connectivity index (χ1) is 9.19. The number of hydrogen-bond acceptors (Lipinski definition) is 2. The molecule has 2 aromatic carbocycles. The third kappa shape index (κ3) is 4.34. The lowest BCUT2D eigenvalue weighted by molar-refractivity contribution is 0.306. The number of benzene rings is 2. The Hall–Kier alpha value is -0.840. The average Bonchev–Trinajstić information content (AvgIpc) is 2.42. The Morgan fingerprint density at radius 3 is 2.42 bits per heavy atom. The summed E-state index contributed by atoms with van der Waals surface area (Å²) >= 11 is 6.94. The van der Waals surface area contributed by atoms with Crippen molar-refractivity contribution in [3.05, 3.63) is 62.5 Å². The smallest absolute Gasteiger partial charge is 0.120 e. The molecule has 0 aromatic heterocycles. The summed E-state index contributed by atoms with van der Waals surface area (Å²) in [6.07, 6.45) is 0.843. The van der Waals surface area contributed by atoms with Crippen LogP contribution in [0.2, 0.25) is 0 Å². The van der Waals surface area contributed by atoms with Crippen LogP contribution >= 0.6 is 31.9 Å². The third-order valence-corrected chi connectivity index (χ3v) is 4.05. The van der Waals surface area contributed by atoms with Gasteiger partial charge in [0.1, 0.15) is 12.4 Å². The van der Waals surface area contributed by atoms with Crippen molar-refractivity contribution in [1.29, 1.82) is 0 Å². The number of halogens is 2. The molecule has 0 bridgehead atoms. The predicted octanol–water partition coefficient (Wildman–Crippen LogP) is 4.29. The summed E-state index contributed by atoms with van der Waals surface area (Å²) in [4.78, 5) is 0. The average molecular weight is 385 g/mol. The topological polar surface area (TPSA) is 35.2 Å². The van der Waals surface area contributed by atoms with Crippen LogP contribution in [0.3, 0.4) is 0 Å². The van der Waals surface area contributed by atoms with Crippen LogP contribution in [0.25, 0.3) is 0 Å². The highest BCUT2D eigenvalue weighted by molar-refractivity contribution is 9.10. The van der Waals surface area contributed by atoms with Gasteiger partial charge in [0.05, 0.1) is 0 Å². The monoisotopic (exact) mass is 383 g/mol. The van der Waals surface area contributed by atoms with E-state index in [0.717, 1.165) is 26.7 Å². The molecule has 0 fully saturated rings. The molecular weight excluding hydrogens is 370 g/mol. The Morgan fingerprint density at radius 1 is 1.00 bits per heavy atom. The SMILES string of the molecule is NCCc1cc(OCc2ccc(Br)cc2)ccc1Br. The van der Waals surface area contributed by atoms with Gasteiger partial charge in [-0.25, -0.2) is 0 Å². The van der Waals surface area contributed by atoms with E-state index in [4.69, 9.17) is 10.5 Å². The van der Waals surface area contributed by atoms with Crippen molar-refractivity contribution >= 4 is 31.9 Å². The van der Waals surface area contributed by atoms with E-state index in [2.05, 4.69) is 31.9 Å². The van der Waals surface area contributed by atoms with Crippen molar-refractivity contribution in [1.82, 2.24) is 0 Å². The normalized spacial score (nSPS) is 10.5. The number of nitrogens with two attached hydrogens (primary N) is 1. The van der Waals surface area contributed by atoms with Crippen LogP contribution in [0.15, 0.2) is 51.4 Å². The summed E-state index contributed by atoms with van der Waals surface area (Å²) in [7, 11) is 0. The fourth-order valence-electron chi connectivity index (χ4n) is 1.74. The highest BCUT2D eigenvalue weighted by Gasteiger charge is 2.02. The third-order valence-electron chi connectivity index (χ3n) is 2.75. The van der Waals surface area contributed by atoms with Gasteiger partial charge in [-0.1, -0.05) is 44.0 Å². The van der Waals surface area contributed by atoms with Crippen molar-refractivity contribution in [3.8, 4) is 5.75 Å². The fraction of sp³-hybridized carbons (Fsp3) is 0.200. The van der Waals surface area contributed by atoms with Crippen LogP contribution in [0.4, 0.5) is 0 Å².